The fourth-order valence-corrected chi connectivity index (χ4v) is 4.03. The van der Waals surface area contributed by atoms with Gasteiger partial charge in [-0.2, -0.15) is 0 Å². The fourth-order valence-electron chi connectivity index (χ4n) is 4.03. The molecule has 0 bridgehead atoms. The highest BCUT2D eigenvalue weighted by molar-refractivity contribution is 5.29. The predicted octanol–water partition coefficient (Wildman–Crippen LogP) is 3.96. The van der Waals surface area contributed by atoms with Crippen LogP contribution >= 0.6 is 0 Å². The molecule has 3 nitrogen and oxygen atoms in total. The molecule has 1 aliphatic carbocycles. The van der Waals surface area contributed by atoms with Gasteiger partial charge < -0.3 is 14.7 Å². The highest BCUT2D eigenvalue weighted by Crippen LogP contribution is 2.33. The Hall–Kier alpha value is -1.06. The summed E-state index contributed by atoms with van der Waals surface area (Å²) in [4.78, 5) is 2.57. The zero-order valence-electron chi connectivity index (χ0n) is 14.4. The van der Waals surface area contributed by atoms with Crippen LogP contribution in [0, 0.1) is 0 Å². The lowest BCUT2D eigenvalue weighted by atomic mass is 9.83. The Labute approximate surface area is 140 Å². The average molecular weight is 317 g/mol. The molecule has 23 heavy (non-hydrogen) atoms. The summed E-state index contributed by atoms with van der Waals surface area (Å²) in [5.74, 6) is 1.60. The molecule has 0 radical (unpaired) electrons. The van der Waals surface area contributed by atoms with Crippen LogP contribution in [0.5, 0.6) is 5.75 Å². The fraction of sp³-hybridized carbons (Fsp3) is 0.700. The van der Waals surface area contributed by atoms with Crippen molar-refractivity contribution in [2.45, 2.75) is 69.9 Å². The Bertz CT molecular complexity index is 465. The van der Waals surface area contributed by atoms with Crippen LogP contribution in [0.15, 0.2) is 24.3 Å². The molecule has 0 spiro atoms. The maximum atomic E-state index is 9.61. The molecular formula is C20H31NO2. The maximum Gasteiger partial charge on any atom is 0.119 e. The molecule has 2 fully saturated rings. The van der Waals surface area contributed by atoms with Gasteiger partial charge in [0.2, 0.25) is 0 Å². The van der Waals surface area contributed by atoms with Gasteiger partial charge in [0.05, 0.1) is 12.7 Å². The minimum absolute atomic E-state index is 0.0767. The van der Waals surface area contributed by atoms with Crippen molar-refractivity contribution < 1.29 is 9.84 Å². The number of ether oxygens (including phenoxy) is 1. The number of aliphatic hydroxyl groups is 1. The van der Waals surface area contributed by atoms with Crippen molar-refractivity contribution in [2.75, 3.05) is 19.7 Å². The van der Waals surface area contributed by atoms with Crippen molar-refractivity contribution in [1.82, 2.24) is 4.90 Å². The first kappa shape index (κ1) is 16.8. The highest BCUT2D eigenvalue weighted by atomic mass is 16.5. The van der Waals surface area contributed by atoms with E-state index in [9.17, 15) is 5.11 Å². The molecule has 1 aromatic carbocycles. The van der Waals surface area contributed by atoms with Gasteiger partial charge in [0.1, 0.15) is 5.75 Å². The van der Waals surface area contributed by atoms with Crippen molar-refractivity contribution in [1.29, 1.82) is 0 Å². The number of rotatable bonds is 6. The van der Waals surface area contributed by atoms with E-state index in [0.29, 0.717) is 5.92 Å². The third-order valence-corrected chi connectivity index (χ3v) is 5.60. The third kappa shape index (κ3) is 4.71. The molecule has 1 saturated heterocycles. The van der Waals surface area contributed by atoms with E-state index in [4.69, 9.17) is 4.74 Å². The van der Waals surface area contributed by atoms with E-state index in [2.05, 4.69) is 36.1 Å². The van der Waals surface area contributed by atoms with Crippen LogP contribution in [0.25, 0.3) is 0 Å². The van der Waals surface area contributed by atoms with Crippen LogP contribution in [-0.4, -0.2) is 41.8 Å². The molecule has 1 saturated carbocycles. The number of benzene rings is 1. The molecule has 1 atom stereocenters. The van der Waals surface area contributed by atoms with E-state index in [1.54, 1.807) is 0 Å². The number of hydrogen-bond donors (Lipinski definition) is 1. The minimum Gasteiger partial charge on any atom is -0.494 e. The second kappa shape index (κ2) is 8.16. The minimum atomic E-state index is -0.0767. The van der Waals surface area contributed by atoms with Crippen LogP contribution in [0.3, 0.4) is 0 Å². The lowest BCUT2D eigenvalue weighted by Crippen LogP contribution is -2.28. The van der Waals surface area contributed by atoms with Gasteiger partial charge >= 0.3 is 0 Å². The summed E-state index contributed by atoms with van der Waals surface area (Å²) in [5, 5.41) is 9.61. The SMILES string of the molecule is CC1CCCN1CCCOc1ccc(C2CCC(O)CC2)cc1. The average Bonchev–Trinajstić information content (AvgIpc) is 2.98. The summed E-state index contributed by atoms with van der Waals surface area (Å²) in [7, 11) is 0. The van der Waals surface area contributed by atoms with Crippen LogP contribution < -0.4 is 4.74 Å². The first-order valence-corrected chi connectivity index (χ1v) is 9.37. The summed E-state index contributed by atoms with van der Waals surface area (Å²) in [5.41, 5.74) is 1.40. The van der Waals surface area contributed by atoms with Gasteiger partial charge in [-0.15, -0.1) is 0 Å². The molecule has 1 heterocycles. The number of likely N-dealkylation sites (tertiary alicyclic amines) is 1. The van der Waals surface area contributed by atoms with E-state index in [0.717, 1.165) is 57.0 Å². The first-order valence-electron chi connectivity index (χ1n) is 9.37. The van der Waals surface area contributed by atoms with E-state index < -0.39 is 0 Å². The Kier molecular flexibility index (Phi) is 5.96. The Balaban J connectivity index is 1.39. The molecule has 1 unspecified atom stereocenters. The quantitative estimate of drug-likeness (QED) is 0.806. The molecule has 1 aliphatic heterocycles. The normalized spacial score (nSPS) is 28.9. The lowest BCUT2D eigenvalue weighted by Gasteiger charge is -2.25. The standard InChI is InChI=1S/C20H31NO2/c1-16-4-2-13-21(16)14-3-15-23-20-11-7-18(8-12-20)17-5-9-19(22)10-6-17/h7-8,11-12,16-17,19,22H,2-6,9-10,13-15H2,1H3. The van der Waals surface area contributed by atoms with Crippen LogP contribution in [0.1, 0.15) is 63.4 Å². The number of aliphatic hydroxyl groups excluding tert-OH is 1. The van der Waals surface area contributed by atoms with Crippen LogP contribution in [0.2, 0.25) is 0 Å². The van der Waals surface area contributed by atoms with E-state index in [1.165, 1.54) is 24.9 Å². The first-order chi connectivity index (χ1) is 11.2. The van der Waals surface area contributed by atoms with Gasteiger partial charge in [0.15, 0.2) is 0 Å². The van der Waals surface area contributed by atoms with Gasteiger partial charge in [0.25, 0.3) is 0 Å². The van der Waals surface area contributed by atoms with Crippen molar-refractivity contribution in [3.05, 3.63) is 29.8 Å². The van der Waals surface area contributed by atoms with Gasteiger partial charge in [-0.3, -0.25) is 0 Å². The van der Waals surface area contributed by atoms with Gasteiger partial charge in [-0.05, 0) is 82.0 Å². The molecule has 1 aromatic rings. The molecule has 2 aliphatic rings. The predicted molar refractivity (Wildman–Crippen MR) is 94.0 cm³/mol. The Morgan fingerprint density at radius 2 is 1.83 bits per heavy atom. The van der Waals surface area contributed by atoms with Gasteiger partial charge in [0, 0.05) is 12.6 Å². The van der Waals surface area contributed by atoms with Gasteiger partial charge in [-0.25, -0.2) is 0 Å². The van der Waals surface area contributed by atoms with E-state index in [1.807, 2.05) is 0 Å². The molecule has 128 valence electrons. The summed E-state index contributed by atoms with van der Waals surface area (Å²) in [6, 6.07) is 9.39. The van der Waals surface area contributed by atoms with E-state index in [-0.39, 0.29) is 6.10 Å². The van der Waals surface area contributed by atoms with Gasteiger partial charge in [-0.1, -0.05) is 12.1 Å². The summed E-state index contributed by atoms with van der Waals surface area (Å²) < 4.78 is 5.89. The Morgan fingerprint density at radius 1 is 1.09 bits per heavy atom. The van der Waals surface area contributed by atoms with Crippen molar-refractivity contribution in [3.8, 4) is 5.75 Å². The summed E-state index contributed by atoms with van der Waals surface area (Å²) >= 11 is 0. The van der Waals surface area contributed by atoms with Crippen LogP contribution in [-0.2, 0) is 0 Å². The molecule has 3 heteroatoms. The zero-order chi connectivity index (χ0) is 16.1. The zero-order valence-corrected chi connectivity index (χ0v) is 14.4. The smallest absolute Gasteiger partial charge is 0.119 e. The second-order valence-electron chi connectivity index (χ2n) is 7.30. The molecular weight excluding hydrogens is 286 g/mol. The van der Waals surface area contributed by atoms with Crippen molar-refractivity contribution >= 4 is 0 Å². The van der Waals surface area contributed by atoms with Crippen LogP contribution in [0.4, 0.5) is 0 Å². The molecule has 0 aromatic heterocycles. The second-order valence-corrected chi connectivity index (χ2v) is 7.30. The lowest BCUT2D eigenvalue weighted by molar-refractivity contribution is 0.122. The number of nitrogens with zero attached hydrogens (tertiary/aromatic N) is 1. The van der Waals surface area contributed by atoms with Crippen molar-refractivity contribution in [2.24, 2.45) is 0 Å². The molecule has 0 amide bonds. The third-order valence-electron chi connectivity index (χ3n) is 5.60. The Morgan fingerprint density at radius 3 is 2.48 bits per heavy atom. The van der Waals surface area contributed by atoms with E-state index >= 15 is 0 Å². The summed E-state index contributed by atoms with van der Waals surface area (Å²) in [6.07, 6.45) is 7.82. The highest BCUT2D eigenvalue weighted by Gasteiger charge is 2.21. The topological polar surface area (TPSA) is 32.7 Å². The molecule has 3 rings (SSSR count). The summed E-state index contributed by atoms with van der Waals surface area (Å²) in [6.45, 7) is 5.55. The number of hydrogen-bond acceptors (Lipinski definition) is 3. The largest absolute Gasteiger partial charge is 0.494 e. The molecule has 1 N–H and O–H groups in total. The monoisotopic (exact) mass is 317 g/mol. The maximum absolute atomic E-state index is 9.61. The van der Waals surface area contributed by atoms with Crippen molar-refractivity contribution in [3.63, 3.8) is 0 Å².